The van der Waals surface area contributed by atoms with Gasteiger partial charge in [0.25, 0.3) is 0 Å². The number of aliphatic hydroxyl groups excluding tert-OH is 1. The SMILES string of the molecule is OCc1c(-c2cc(Cl)cc(Cl)c2)noc1-c1c(F)cccc1F. The summed E-state index contributed by atoms with van der Waals surface area (Å²) in [6, 6.07) is 8.08. The van der Waals surface area contributed by atoms with Crippen molar-refractivity contribution >= 4 is 23.2 Å². The van der Waals surface area contributed by atoms with Crippen LogP contribution in [0.1, 0.15) is 5.56 Å². The maximum atomic E-state index is 13.9. The summed E-state index contributed by atoms with van der Waals surface area (Å²) in [5.41, 5.74) is 0.448. The molecule has 0 bridgehead atoms. The maximum absolute atomic E-state index is 13.9. The highest BCUT2D eigenvalue weighted by atomic mass is 35.5. The molecule has 3 rings (SSSR count). The highest BCUT2D eigenvalue weighted by molar-refractivity contribution is 6.35. The van der Waals surface area contributed by atoms with Gasteiger partial charge in [0.15, 0.2) is 5.76 Å². The predicted octanol–water partition coefficient (Wildman–Crippen LogP) is 5.09. The molecule has 7 heteroatoms. The number of hydrogen-bond acceptors (Lipinski definition) is 3. The largest absolute Gasteiger partial charge is 0.391 e. The van der Waals surface area contributed by atoms with Crippen LogP contribution >= 0.6 is 23.2 Å². The van der Waals surface area contributed by atoms with Gasteiger partial charge in [0.05, 0.1) is 17.7 Å². The van der Waals surface area contributed by atoms with E-state index in [1.165, 1.54) is 12.1 Å². The van der Waals surface area contributed by atoms with Gasteiger partial charge in [-0.2, -0.15) is 0 Å². The van der Waals surface area contributed by atoms with Crippen LogP contribution in [0.15, 0.2) is 40.9 Å². The van der Waals surface area contributed by atoms with Crippen molar-refractivity contribution in [1.29, 1.82) is 0 Å². The Balaban J connectivity index is 2.21. The first-order valence-electron chi connectivity index (χ1n) is 6.51. The number of rotatable bonds is 3. The van der Waals surface area contributed by atoms with Crippen LogP contribution < -0.4 is 0 Å². The standard InChI is InChI=1S/C16H9Cl2F2NO2/c17-9-4-8(5-10(18)6-9)15-11(7-22)16(23-21-15)14-12(19)2-1-3-13(14)20/h1-6,22H,7H2. The molecule has 3 aromatic rings. The number of aliphatic hydroxyl groups is 1. The van der Waals surface area contributed by atoms with E-state index in [1.54, 1.807) is 12.1 Å². The fourth-order valence-corrected chi connectivity index (χ4v) is 2.81. The third-order valence-electron chi connectivity index (χ3n) is 3.27. The monoisotopic (exact) mass is 355 g/mol. The number of aromatic nitrogens is 1. The molecule has 0 saturated heterocycles. The van der Waals surface area contributed by atoms with Crippen LogP contribution in [0.5, 0.6) is 0 Å². The van der Waals surface area contributed by atoms with Gasteiger partial charge in [-0.25, -0.2) is 8.78 Å². The highest BCUT2D eigenvalue weighted by Crippen LogP contribution is 2.36. The van der Waals surface area contributed by atoms with Crippen molar-refractivity contribution in [2.24, 2.45) is 0 Å². The Morgan fingerprint density at radius 3 is 2.22 bits per heavy atom. The first kappa shape index (κ1) is 15.9. The summed E-state index contributed by atoms with van der Waals surface area (Å²) in [7, 11) is 0. The van der Waals surface area contributed by atoms with E-state index in [0.29, 0.717) is 15.6 Å². The van der Waals surface area contributed by atoms with Gasteiger partial charge in [0.1, 0.15) is 17.3 Å². The molecule has 0 spiro atoms. The lowest BCUT2D eigenvalue weighted by Crippen LogP contribution is -1.94. The third-order valence-corrected chi connectivity index (χ3v) is 3.71. The zero-order valence-corrected chi connectivity index (χ0v) is 13.0. The molecule has 0 atom stereocenters. The normalized spacial score (nSPS) is 11.0. The Kier molecular flexibility index (Phi) is 4.35. The van der Waals surface area contributed by atoms with Gasteiger partial charge >= 0.3 is 0 Å². The van der Waals surface area contributed by atoms with Crippen LogP contribution in [0.3, 0.4) is 0 Å². The first-order valence-corrected chi connectivity index (χ1v) is 7.27. The van der Waals surface area contributed by atoms with Gasteiger partial charge < -0.3 is 9.63 Å². The number of hydrogen-bond donors (Lipinski definition) is 1. The quantitative estimate of drug-likeness (QED) is 0.711. The Hall–Kier alpha value is -1.95. The second-order valence-electron chi connectivity index (χ2n) is 4.75. The molecule has 1 N–H and O–H groups in total. The molecule has 0 aliphatic heterocycles. The average Bonchev–Trinajstić information content (AvgIpc) is 2.89. The zero-order valence-electron chi connectivity index (χ0n) is 11.5. The molecule has 0 amide bonds. The molecule has 1 heterocycles. The molecule has 0 saturated carbocycles. The van der Waals surface area contributed by atoms with E-state index >= 15 is 0 Å². The smallest absolute Gasteiger partial charge is 0.178 e. The summed E-state index contributed by atoms with van der Waals surface area (Å²) >= 11 is 11.9. The van der Waals surface area contributed by atoms with E-state index in [2.05, 4.69) is 5.16 Å². The van der Waals surface area contributed by atoms with Crippen molar-refractivity contribution < 1.29 is 18.4 Å². The van der Waals surface area contributed by atoms with Crippen molar-refractivity contribution in [2.75, 3.05) is 0 Å². The van der Waals surface area contributed by atoms with E-state index in [4.69, 9.17) is 27.7 Å². The number of nitrogens with zero attached hydrogens (tertiary/aromatic N) is 1. The fraction of sp³-hybridized carbons (Fsp3) is 0.0625. The van der Waals surface area contributed by atoms with Crippen LogP contribution in [0.4, 0.5) is 8.78 Å². The van der Waals surface area contributed by atoms with Crippen molar-refractivity contribution in [2.45, 2.75) is 6.61 Å². The molecule has 2 aromatic carbocycles. The minimum Gasteiger partial charge on any atom is -0.391 e. The molecular formula is C16H9Cl2F2NO2. The lowest BCUT2D eigenvalue weighted by molar-refractivity contribution is 0.281. The van der Waals surface area contributed by atoms with Crippen LogP contribution in [-0.4, -0.2) is 10.3 Å². The molecular weight excluding hydrogens is 347 g/mol. The van der Waals surface area contributed by atoms with Crippen LogP contribution in [0.2, 0.25) is 10.0 Å². The predicted molar refractivity (Wildman–Crippen MR) is 83.2 cm³/mol. The molecule has 1 aromatic heterocycles. The van der Waals surface area contributed by atoms with E-state index in [9.17, 15) is 13.9 Å². The maximum Gasteiger partial charge on any atom is 0.178 e. The number of benzene rings is 2. The van der Waals surface area contributed by atoms with Gasteiger partial charge in [0, 0.05) is 15.6 Å². The summed E-state index contributed by atoms with van der Waals surface area (Å²) in [4.78, 5) is 0. The molecule has 0 aliphatic carbocycles. The van der Waals surface area contributed by atoms with Gasteiger partial charge in [-0.15, -0.1) is 0 Å². The van der Waals surface area contributed by atoms with Gasteiger partial charge in [0.2, 0.25) is 0 Å². The molecule has 0 unspecified atom stereocenters. The summed E-state index contributed by atoms with van der Waals surface area (Å²) in [6.45, 7) is -0.522. The lowest BCUT2D eigenvalue weighted by Gasteiger charge is -2.04. The molecule has 0 fully saturated rings. The van der Waals surface area contributed by atoms with Crippen molar-refractivity contribution in [3.63, 3.8) is 0 Å². The number of halogens is 4. The Labute approximate surface area is 140 Å². The van der Waals surface area contributed by atoms with Crippen molar-refractivity contribution in [3.8, 4) is 22.6 Å². The topological polar surface area (TPSA) is 46.3 Å². The zero-order chi connectivity index (χ0) is 16.6. The van der Waals surface area contributed by atoms with Crippen LogP contribution in [0.25, 0.3) is 22.6 Å². The van der Waals surface area contributed by atoms with Gasteiger partial charge in [-0.3, -0.25) is 0 Å². The molecule has 3 nitrogen and oxygen atoms in total. The lowest BCUT2D eigenvalue weighted by atomic mass is 10.0. The third kappa shape index (κ3) is 2.95. The summed E-state index contributed by atoms with van der Waals surface area (Å²) in [5.74, 6) is -1.80. The van der Waals surface area contributed by atoms with Gasteiger partial charge in [-0.1, -0.05) is 34.4 Å². The summed E-state index contributed by atoms with van der Waals surface area (Å²) in [5, 5.41) is 14.2. The molecule has 23 heavy (non-hydrogen) atoms. The van der Waals surface area contributed by atoms with Crippen molar-refractivity contribution in [1.82, 2.24) is 5.16 Å². The minimum absolute atomic E-state index is 0.146. The Morgan fingerprint density at radius 2 is 1.65 bits per heavy atom. The minimum atomic E-state index is -0.813. The van der Waals surface area contributed by atoms with Crippen LogP contribution in [-0.2, 0) is 6.61 Å². The highest BCUT2D eigenvalue weighted by Gasteiger charge is 2.23. The Bertz CT molecular complexity index is 840. The van der Waals surface area contributed by atoms with E-state index in [0.717, 1.165) is 12.1 Å². The van der Waals surface area contributed by atoms with E-state index in [1.807, 2.05) is 0 Å². The molecule has 0 aliphatic rings. The van der Waals surface area contributed by atoms with Crippen molar-refractivity contribution in [3.05, 3.63) is 63.6 Å². The summed E-state index contributed by atoms with van der Waals surface area (Å²) in [6.07, 6.45) is 0. The Morgan fingerprint density at radius 1 is 1.04 bits per heavy atom. The van der Waals surface area contributed by atoms with Crippen LogP contribution in [0, 0.1) is 11.6 Å². The molecule has 118 valence electrons. The van der Waals surface area contributed by atoms with E-state index < -0.39 is 18.2 Å². The first-order chi connectivity index (χ1) is 11.0. The second-order valence-corrected chi connectivity index (χ2v) is 5.62. The van der Waals surface area contributed by atoms with E-state index in [-0.39, 0.29) is 22.6 Å². The summed E-state index contributed by atoms with van der Waals surface area (Å²) < 4.78 is 33.0. The average molecular weight is 356 g/mol. The molecule has 0 radical (unpaired) electrons. The van der Waals surface area contributed by atoms with Gasteiger partial charge in [-0.05, 0) is 30.3 Å². The second kappa shape index (κ2) is 6.28. The fourth-order valence-electron chi connectivity index (χ4n) is 2.28.